The molecule has 6 heteroatoms. The highest BCUT2D eigenvalue weighted by atomic mass is 35.5. The third-order valence-electron chi connectivity index (χ3n) is 3.46. The molecular formula is C17H17ClN4O. The van der Waals surface area contributed by atoms with E-state index in [1.807, 2.05) is 55.5 Å². The van der Waals surface area contributed by atoms with Crippen LogP contribution in [0.4, 0.5) is 0 Å². The van der Waals surface area contributed by atoms with Crippen molar-refractivity contribution in [2.45, 2.75) is 6.54 Å². The van der Waals surface area contributed by atoms with E-state index < -0.39 is 0 Å². The van der Waals surface area contributed by atoms with Gasteiger partial charge in [-0.2, -0.15) is 0 Å². The van der Waals surface area contributed by atoms with Gasteiger partial charge in [-0.25, -0.2) is 4.52 Å². The molecule has 2 aromatic heterocycles. The van der Waals surface area contributed by atoms with Crippen molar-refractivity contribution in [1.82, 2.24) is 19.1 Å². The maximum Gasteiger partial charge on any atom is 0.278 e. The van der Waals surface area contributed by atoms with Gasteiger partial charge in [0.05, 0.1) is 6.54 Å². The van der Waals surface area contributed by atoms with E-state index in [1.165, 1.54) is 4.52 Å². The molecule has 0 saturated carbocycles. The highest BCUT2D eigenvalue weighted by Crippen LogP contribution is 2.13. The van der Waals surface area contributed by atoms with E-state index >= 15 is 0 Å². The molecular weight excluding hydrogens is 312 g/mol. The van der Waals surface area contributed by atoms with Crippen LogP contribution in [0.3, 0.4) is 0 Å². The average Bonchev–Trinajstić information content (AvgIpc) is 2.91. The Morgan fingerprint density at radius 3 is 2.61 bits per heavy atom. The fraction of sp³-hybridized carbons (Fsp3) is 0.176. The molecule has 0 fully saturated rings. The van der Waals surface area contributed by atoms with Crippen LogP contribution in [0.15, 0.2) is 53.5 Å². The lowest BCUT2D eigenvalue weighted by Crippen LogP contribution is -2.26. The third-order valence-corrected chi connectivity index (χ3v) is 3.74. The number of hydrogen-bond donors (Lipinski definition) is 0. The van der Waals surface area contributed by atoms with Crippen molar-refractivity contribution >= 4 is 23.2 Å². The molecule has 0 atom stereocenters. The topological polar surface area (TPSA) is 42.5 Å². The number of rotatable bonds is 4. The summed E-state index contributed by atoms with van der Waals surface area (Å²) in [5.74, 6) is 0.554. The van der Waals surface area contributed by atoms with Gasteiger partial charge in [-0.1, -0.05) is 41.9 Å². The van der Waals surface area contributed by atoms with Crippen LogP contribution in [0.1, 0.15) is 11.4 Å². The summed E-state index contributed by atoms with van der Waals surface area (Å²) in [5.41, 5.74) is 1.39. The molecule has 1 aromatic carbocycles. The molecule has 3 rings (SSSR count). The minimum atomic E-state index is -0.117. The SMILES string of the molecule is CN(C)/C=C/c1nn2c(Cl)ccc2c(=O)n1Cc1ccccc1. The Balaban J connectivity index is 2.18. The summed E-state index contributed by atoms with van der Waals surface area (Å²) in [6.45, 7) is 0.457. The van der Waals surface area contributed by atoms with Crippen molar-refractivity contribution in [2.24, 2.45) is 0 Å². The van der Waals surface area contributed by atoms with Gasteiger partial charge < -0.3 is 4.90 Å². The zero-order valence-corrected chi connectivity index (χ0v) is 13.7. The zero-order chi connectivity index (χ0) is 16.4. The maximum atomic E-state index is 12.8. The zero-order valence-electron chi connectivity index (χ0n) is 13.0. The average molecular weight is 329 g/mol. The van der Waals surface area contributed by atoms with Crippen LogP contribution in [-0.2, 0) is 6.54 Å². The van der Waals surface area contributed by atoms with Crippen molar-refractivity contribution in [3.05, 3.63) is 75.6 Å². The van der Waals surface area contributed by atoms with E-state index in [0.29, 0.717) is 23.0 Å². The summed E-state index contributed by atoms with van der Waals surface area (Å²) in [7, 11) is 3.83. The van der Waals surface area contributed by atoms with Crippen molar-refractivity contribution in [3.63, 3.8) is 0 Å². The van der Waals surface area contributed by atoms with Crippen LogP contribution >= 0.6 is 11.6 Å². The monoisotopic (exact) mass is 328 g/mol. The van der Waals surface area contributed by atoms with E-state index in [2.05, 4.69) is 5.10 Å². The summed E-state index contributed by atoms with van der Waals surface area (Å²) in [4.78, 5) is 14.7. The van der Waals surface area contributed by atoms with E-state index in [1.54, 1.807) is 22.8 Å². The quantitative estimate of drug-likeness (QED) is 0.739. The number of hydrogen-bond acceptors (Lipinski definition) is 3. The highest BCUT2D eigenvalue weighted by Gasteiger charge is 2.12. The third kappa shape index (κ3) is 3.14. The number of halogens is 1. The molecule has 118 valence electrons. The molecule has 0 N–H and O–H groups in total. The number of benzene rings is 1. The van der Waals surface area contributed by atoms with E-state index in [4.69, 9.17) is 11.6 Å². The molecule has 0 bridgehead atoms. The number of aromatic nitrogens is 3. The van der Waals surface area contributed by atoms with E-state index in [-0.39, 0.29) is 5.56 Å². The molecule has 0 aliphatic heterocycles. The van der Waals surface area contributed by atoms with Crippen LogP contribution in [0.2, 0.25) is 5.15 Å². The van der Waals surface area contributed by atoms with Gasteiger partial charge in [-0.3, -0.25) is 9.36 Å². The Kier molecular flexibility index (Phi) is 4.21. The minimum Gasteiger partial charge on any atom is -0.383 e. The van der Waals surface area contributed by atoms with Crippen molar-refractivity contribution in [3.8, 4) is 0 Å². The second-order valence-electron chi connectivity index (χ2n) is 5.47. The molecule has 5 nitrogen and oxygen atoms in total. The lowest BCUT2D eigenvalue weighted by molar-refractivity contribution is 0.566. The van der Waals surface area contributed by atoms with Gasteiger partial charge in [0.2, 0.25) is 0 Å². The Hall–Kier alpha value is -2.53. The molecule has 0 amide bonds. The van der Waals surface area contributed by atoms with E-state index in [9.17, 15) is 4.79 Å². The smallest absolute Gasteiger partial charge is 0.278 e. The summed E-state index contributed by atoms with van der Waals surface area (Å²) in [6.07, 6.45) is 3.66. The molecule has 0 aliphatic rings. The summed E-state index contributed by atoms with van der Waals surface area (Å²) in [5, 5.41) is 4.92. The first-order valence-electron chi connectivity index (χ1n) is 7.23. The normalized spacial score (nSPS) is 11.4. The molecule has 0 saturated heterocycles. The number of fused-ring (bicyclic) bond motifs is 1. The van der Waals surface area contributed by atoms with Crippen LogP contribution < -0.4 is 5.56 Å². The predicted octanol–water partition coefficient (Wildman–Crippen LogP) is 2.73. The van der Waals surface area contributed by atoms with Gasteiger partial charge in [0, 0.05) is 20.3 Å². The summed E-state index contributed by atoms with van der Waals surface area (Å²) >= 11 is 6.11. The Morgan fingerprint density at radius 1 is 1.17 bits per heavy atom. The van der Waals surface area contributed by atoms with Crippen molar-refractivity contribution in [1.29, 1.82) is 0 Å². The Labute approximate surface area is 139 Å². The van der Waals surface area contributed by atoms with E-state index in [0.717, 1.165) is 5.56 Å². The molecule has 0 unspecified atom stereocenters. The van der Waals surface area contributed by atoms with Gasteiger partial charge in [0.15, 0.2) is 5.82 Å². The maximum absolute atomic E-state index is 12.8. The van der Waals surface area contributed by atoms with Gasteiger partial charge in [-0.05, 0) is 23.8 Å². The first-order chi connectivity index (χ1) is 11.1. The molecule has 0 spiro atoms. The lowest BCUT2D eigenvalue weighted by atomic mass is 10.2. The second kappa shape index (κ2) is 6.30. The van der Waals surface area contributed by atoms with Crippen molar-refractivity contribution in [2.75, 3.05) is 14.1 Å². The first kappa shape index (κ1) is 15.4. The van der Waals surface area contributed by atoms with Gasteiger partial charge in [0.25, 0.3) is 5.56 Å². The van der Waals surface area contributed by atoms with Crippen LogP contribution in [-0.4, -0.2) is 33.2 Å². The fourth-order valence-corrected chi connectivity index (χ4v) is 2.52. The molecule has 23 heavy (non-hydrogen) atoms. The summed E-state index contributed by atoms with van der Waals surface area (Å²) < 4.78 is 3.13. The highest BCUT2D eigenvalue weighted by molar-refractivity contribution is 6.29. The van der Waals surface area contributed by atoms with Gasteiger partial charge >= 0.3 is 0 Å². The largest absolute Gasteiger partial charge is 0.383 e. The van der Waals surface area contributed by atoms with Crippen LogP contribution in [0.5, 0.6) is 0 Å². The van der Waals surface area contributed by atoms with Crippen LogP contribution in [0, 0.1) is 0 Å². The molecule has 0 radical (unpaired) electrons. The minimum absolute atomic E-state index is 0.117. The summed E-state index contributed by atoms with van der Waals surface area (Å²) in [6, 6.07) is 13.2. The van der Waals surface area contributed by atoms with Gasteiger partial charge in [-0.15, -0.1) is 5.10 Å². The molecule has 3 aromatic rings. The Bertz CT molecular complexity index is 909. The lowest BCUT2D eigenvalue weighted by Gasteiger charge is -2.12. The Morgan fingerprint density at radius 2 is 1.91 bits per heavy atom. The molecule has 0 aliphatic carbocycles. The van der Waals surface area contributed by atoms with Gasteiger partial charge in [0.1, 0.15) is 10.7 Å². The second-order valence-corrected chi connectivity index (χ2v) is 5.85. The predicted molar refractivity (Wildman–Crippen MR) is 92.7 cm³/mol. The molecule has 2 heterocycles. The van der Waals surface area contributed by atoms with Crippen LogP contribution in [0.25, 0.3) is 11.6 Å². The first-order valence-corrected chi connectivity index (χ1v) is 7.60. The number of nitrogens with zero attached hydrogens (tertiary/aromatic N) is 4. The standard InChI is InChI=1S/C17H17ClN4O/c1-20(2)11-10-16-19-22-14(8-9-15(22)18)17(23)21(16)12-13-6-4-3-5-7-13/h3-11H,12H2,1-2H3/b11-10+. The fourth-order valence-electron chi connectivity index (χ4n) is 2.32. The van der Waals surface area contributed by atoms with Crippen molar-refractivity contribution < 1.29 is 0 Å².